The molecule has 0 aliphatic carbocycles. The number of hydrogen-bond donors (Lipinski definition) is 0. The first-order chi connectivity index (χ1) is 9.84. The second kappa shape index (κ2) is 12.3. The number of benzene rings is 2. The third-order valence-corrected chi connectivity index (χ3v) is 2.98. The molecule has 1 N–H and O–H groups in total. The van der Waals surface area contributed by atoms with Crippen LogP contribution in [0.1, 0.15) is 26.3 Å². The Bertz CT molecular complexity index is 706. The molecule has 0 aliphatic rings. The van der Waals surface area contributed by atoms with Crippen molar-refractivity contribution in [2.24, 2.45) is 0 Å². The van der Waals surface area contributed by atoms with Crippen molar-refractivity contribution in [3.8, 4) is 11.1 Å². The van der Waals surface area contributed by atoms with E-state index in [4.69, 9.17) is 5.73 Å². The van der Waals surface area contributed by atoms with Gasteiger partial charge in [0.2, 0.25) is 0 Å². The first kappa shape index (κ1) is 28.7. The molecule has 0 fully saturated rings. The van der Waals surface area contributed by atoms with Crippen LogP contribution in [-0.2, 0) is 21.7 Å². The summed E-state index contributed by atoms with van der Waals surface area (Å²) >= 11 is 0. The predicted octanol–water partition coefficient (Wildman–Crippen LogP) is 6.89. The number of nitrogens with one attached hydrogen (secondary N) is 1. The number of rotatable bonds is 1. The maximum Gasteiger partial charge on any atom is 4.00 e. The third-order valence-electron chi connectivity index (χ3n) is 2.98. The van der Waals surface area contributed by atoms with E-state index >= 15 is 0 Å². The molecular formula is C22H29NSiTi. The molecule has 3 aromatic rings. The van der Waals surface area contributed by atoms with Crippen LogP contribution in [0.4, 0.5) is 0 Å². The van der Waals surface area contributed by atoms with Gasteiger partial charge in [0.25, 0.3) is 0 Å². The molecule has 0 saturated heterocycles. The van der Waals surface area contributed by atoms with E-state index in [0.717, 1.165) is 0 Å². The fourth-order valence-corrected chi connectivity index (χ4v) is 2.25. The Morgan fingerprint density at radius 3 is 1.92 bits per heavy atom. The topological polar surface area (TPSA) is 23.8 Å². The summed E-state index contributed by atoms with van der Waals surface area (Å²) in [5.41, 5.74) is 10.6. The van der Waals surface area contributed by atoms with Crippen LogP contribution >= 0.6 is 0 Å². The van der Waals surface area contributed by atoms with Crippen molar-refractivity contribution < 1.29 is 21.7 Å². The molecule has 0 spiro atoms. The molecule has 4 radical (unpaired) electrons. The molecular weight excluding hydrogens is 354 g/mol. The van der Waals surface area contributed by atoms with Crippen LogP contribution in [0.15, 0.2) is 60.7 Å². The molecule has 0 aliphatic heterocycles. The van der Waals surface area contributed by atoms with E-state index in [1.165, 1.54) is 27.5 Å². The van der Waals surface area contributed by atoms with Crippen molar-refractivity contribution >= 4 is 21.7 Å². The Morgan fingerprint density at radius 2 is 1.40 bits per heavy atom. The molecule has 25 heavy (non-hydrogen) atoms. The van der Waals surface area contributed by atoms with Crippen LogP contribution in [0.3, 0.4) is 0 Å². The van der Waals surface area contributed by atoms with Gasteiger partial charge in [0.05, 0.1) is 0 Å². The van der Waals surface area contributed by atoms with Crippen LogP contribution in [0.25, 0.3) is 27.6 Å². The van der Waals surface area contributed by atoms with Gasteiger partial charge in [-0.1, -0.05) is 69.7 Å². The van der Waals surface area contributed by atoms with E-state index in [-0.39, 0.29) is 53.1 Å². The molecule has 3 aromatic carbocycles. The van der Waals surface area contributed by atoms with Crippen molar-refractivity contribution in [1.29, 1.82) is 0 Å². The van der Waals surface area contributed by atoms with E-state index in [1.54, 1.807) is 0 Å². The van der Waals surface area contributed by atoms with Gasteiger partial charge in [0.15, 0.2) is 0 Å². The van der Waals surface area contributed by atoms with Crippen molar-refractivity contribution in [2.75, 3.05) is 0 Å². The SMILES string of the molecule is CC(C)(C)[NH-].Cc1cc2c(-c3ccccc3)cccc2[cH-]1.[CH3-].[CH3-].[Si].[Ti+4]. The Morgan fingerprint density at radius 1 is 0.880 bits per heavy atom. The quantitative estimate of drug-likeness (QED) is 0.323. The first-order valence-electron chi connectivity index (χ1n) is 7.31. The number of aryl methyl sites for hydroxylation is 1. The molecule has 1 nitrogen and oxygen atoms in total. The fraction of sp³-hybridized carbons (Fsp3) is 0.227. The number of fused-ring (bicyclic) bond motifs is 1. The van der Waals surface area contributed by atoms with Gasteiger partial charge in [-0.2, -0.15) is 6.07 Å². The van der Waals surface area contributed by atoms with E-state index in [1.807, 2.05) is 20.8 Å². The summed E-state index contributed by atoms with van der Waals surface area (Å²) in [6.07, 6.45) is 0. The van der Waals surface area contributed by atoms with E-state index in [2.05, 4.69) is 67.6 Å². The molecule has 0 heterocycles. The average Bonchev–Trinajstić information content (AvgIpc) is 2.77. The molecule has 0 amide bonds. The van der Waals surface area contributed by atoms with Crippen LogP contribution in [0, 0.1) is 21.8 Å². The second-order valence-corrected chi connectivity index (χ2v) is 6.46. The minimum atomic E-state index is -0.250. The largest absolute Gasteiger partial charge is 4.00 e. The van der Waals surface area contributed by atoms with Crippen LogP contribution < -0.4 is 0 Å². The molecule has 0 saturated carbocycles. The standard InChI is InChI=1S/C16H13.C4H10N.2CH3.Si.Ti/c1-12-10-14-8-5-9-15(16(14)11-12)13-6-3-2-4-7-13;1-4(2,3)5;;;;/h2-11H,1H3;5H,1-3H3;2*1H3;;/q4*-1;;+4. The summed E-state index contributed by atoms with van der Waals surface area (Å²) in [6, 6.07) is 21.6. The van der Waals surface area contributed by atoms with Gasteiger partial charge < -0.3 is 20.6 Å². The average molecular weight is 383 g/mol. The zero-order valence-electron chi connectivity index (χ0n) is 16.3. The third kappa shape index (κ3) is 9.27. The maximum absolute atomic E-state index is 6.94. The van der Waals surface area contributed by atoms with Gasteiger partial charge in [0.1, 0.15) is 0 Å². The normalized spacial score (nSPS) is 9.32. The molecule has 3 rings (SSSR count). The summed E-state index contributed by atoms with van der Waals surface area (Å²) in [6.45, 7) is 7.71. The first-order valence-corrected chi connectivity index (χ1v) is 7.31. The van der Waals surface area contributed by atoms with E-state index < -0.39 is 0 Å². The molecule has 130 valence electrons. The van der Waals surface area contributed by atoms with Gasteiger partial charge in [-0.25, -0.2) is 0 Å². The van der Waals surface area contributed by atoms with Crippen molar-refractivity contribution in [3.63, 3.8) is 0 Å². The zero-order chi connectivity index (χ0) is 15.5. The van der Waals surface area contributed by atoms with Gasteiger partial charge in [-0.15, -0.1) is 40.1 Å². The minimum absolute atomic E-state index is 0. The summed E-state index contributed by atoms with van der Waals surface area (Å²) in [7, 11) is 0. The second-order valence-electron chi connectivity index (χ2n) is 6.46. The molecule has 0 bridgehead atoms. The van der Waals surface area contributed by atoms with E-state index in [9.17, 15) is 0 Å². The zero-order valence-corrected chi connectivity index (χ0v) is 18.8. The van der Waals surface area contributed by atoms with Gasteiger partial charge in [-0.05, 0) is 5.56 Å². The molecule has 0 atom stereocenters. The Labute approximate surface area is 174 Å². The van der Waals surface area contributed by atoms with Crippen molar-refractivity contribution in [2.45, 2.75) is 33.2 Å². The van der Waals surface area contributed by atoms with Crippen molar-refractivity contribution in [1.82, 2.24) is 0 Å². The monoisotopic (exact) mass is 383 g/mol. The fourth-order valence-electron chi connectivity index (χ4n) is 2.25. The molecule has 0 aromatic heterocycles. The summed E-state index contributed by atoms with van der Waals surface area (Å²) in [5, 5.41) is 2.69. The Hall–Kier alpha value is -1.06. The number of hydrogen-bond acceptors (Lipinski definition) is 0. The summed E-state index contributed by atoms with van der Waals surface area (Å²) in [5.74, 6) is 0. The summed E-state index contributed by atoms with van der Waals surface area (Å²) in [4.78, 5) is 0. The van der Waals surface area contributed by atoms with E-state index in [0.29, 0.717) is 0 Å². The Kier molecular flexibility index (Phi) is 14.2. The van der Waals surface area contributed by atoms with Crippen molar-refractivity contribution in [3.05, 3.63) is 86.8 Å². The summed E-state index contributed by atoms with van der Waals surface area (Å²) < 4.78 is 0. The van der Waals surface area contributed by atoms with Crippen LogP contribution in [-0.4, -0.2) is 16.5 Å². The minimum Gasteiger partial charge on any atom is -0.673 e. The van der Waals surface area contributed by atoms with Gasteiger partial charge in [0, 0.05) is 11.0 Å². The molecule has 3 heteroatoms. The van der Waals surface area contributed by atoms with Crippen LogP contribution in [0.2, 0.25) is 0 Å². The van der Waals surface area contributed by atoms with Gasteiger partial charge >= 0.3 is 21.7 Å². The predicted molar refractivity (Wildman–Crippen MR) is 112 cm³/mol. The Balaban J connectivity index is -0.000000484. The maximum atomic E-state index is 6.94. The smallest absolute Gasteiger partial charge is 0.673 e. The van der Waals surface area contributed by atoms with Crippen LogP contribution in [0.5, 0.6) is 0 Å². The molecule has 0 unspecified atom stereocenters. The van der Waals surface area contributed by atoms with Gasteiger partial charge in [-0.3, -0.25) is 0 Å².